The van der Waals surface area contributed by atoms with Crippen molar-refractivity contribution in [1.82, 2.24) is 10.2 Å². The number of amides is 1. The first-order valence-corrected chi connectivity index (χ1v) is 6.06. The van der Waals surface area contributed by atoms with Crippen molar-refractivity contribution in [2.45, 2.75) is 25.4 Å². The number of hydrogen-bond acceptors (Lipinski definition) is 2. The van der Waals surface area contributed by atoms with Gasteiger partial charge in [-0.05, 0) is 31.5 Å². The molecule has 0 bridgehead atoms. The van der Waals surface area contributed by atoms with Crippen molar-refractivity contribution in [2.75, 3.05) is 13.1 Å². The molecule has 0 radical (unpaired) electrons. The van der Waals surface area contributed by atoms with Gasteiger partial charge in [-0.25, -0.2) is 4.39 Å². The Kier molecular flexibility index (Phi) is 2.59. The van der Waals surface area contributed by atoms with Crippen LogP contribution in [0, 0.1) is 5.82 Å². The summed E-state index contributed by atoms with van der Waals surface area (Å²) >= 11 is 0. The third-order valence-corrected chi connectivity index (χ3v) is 3.65. The molecule has 0 spiro atoms. The SMILES string of the molecule is O=C1c2cccc(F)c2CN1[C@H]1CCCNC1. The number of piperidine rings is 1. The second kappa shape index (κ2) is 4.11. The summed E-state index contributed by atoms with van der Waals surface area (Å²) in [6.45, 7) is 2.26. The first kappa shape index (κ1) is 10.7. The van der Waals surface area contributed by atoms with Crippen LogP contribution < -0.4 is 5.32 Å². The molecule has 90 valence electrons. The molecule has 1 aromatic rings. The van der Waals surface area contributed by atoms with Gasteiger partial charge in [0.05, 0.1) is 6.54 Å². The van der Waals surface area contributed by atoms with E-state index in [4.69, 9.17) is 0 Å². The van der Waals surface area contributed by atoms with E-state index in [0.29, 0.717) is 17.7 Å². The van der Waals surface area contributed by atoms with E-state index < -0.39 is 0 Å². The van der Waals surface area contributed by atoms with Gasteiger partial charge in [0.25, 0.3) is 5.91 Å². The van der Waals surface area contributed by atoms with Crippen LogP contribution in [0.5, 0.6) is 0 Å². The minimum absolute atomic E-state index is 0.0202. The molecule has 1 N–H and O–H groups in total. The van der Waals surface area contributed by atoms with Crippen LogP contribution >= 0.6 is 0 Å². The lowest BCUT2D eigenvalue weighted by Crippen LogP contribution is -2.46. The Bertz CT molecular complexity index is 455. The highest BCUT2D eigenvalue weighted by Gasteiger charge is 2.34. The second-order valence-electron chi connectivity index (χ2n) is 4.70. The topological polar surface area (TPSA) is 32.3 Å². The van der Waals surface area contributed by atoms with E-state index in [0.717, 1.165) is 25.9 Å². The van der Waals surface area contributed by atoms with E-state index in [9.17, 15) is 9.18 Å². The van der Waals surface area contributed by atoms with Gasteiger partial charge in [0, 0.05) is 23.7 Å². The minimum atomic E-state index is -0.262. The lowest BCUT2D eigenvalue weighted by atomic mass is 10.1. The maximum atomic E-state index is 13.6. The molecule has 2 aliphatic rings. The van der Waals surface area contributed by atoms with Gasteiger partial charge in [0.15, 0.2) is 0 Å². The molecule has 0 aliphatic carbocycles. The normalized spacial score (nSPS) is 23.9. The van der Waals surface area contributed by atoms with Gasteiger partial charge < -0.3 is 10.2 Å². The number of benzene rings is 1. The Balaban J connectivity index is 1.88. The Morgan fingerprint density at radius 3 is 3.00 bits per heavy atom. The highest BCUT2D eigenvalue weighted by molar-refractivity contribution is 5.98. The summed E-state index contributed by atoms with van der Waals surface area (Å²) in [5, 5.41) is 3.29. The van der Waals surface area contributed by atoms with E-state index in [1.54, 1.807) is 17.0 Å². The van der Waals surface area contributed by atoms with Crippen LogP contribution in [-0.4, -0.2) is 29.9 Å². The van der Waals surface area contributed by atoms with Crippen LogP contribution in [0.1, 0.15) is 28.8 Å². The molecule has 3 nitrogen and oxygen atoms in total. The van der Waals surface area contributed by atoms with Crippen LogP contribution in [-0.2, 0) is 6.54 Å². The van der Waals surface area contributed by atoms with Gasteiger partial charge in [-0.1, -0.05) is 6.07 Å². The van der Waals surface area contributed by atoms with Crippen LogP contribution in [0.15, 0.2) is 18.2 Å². The zero-order chi connectivity index (χ0) is 11.8. The molecule has 0 saturated carbocycles. The summed E-state index contributed by atoms with van der Waals surface area (Å²) < 4.78 is 13.6. The number of carbonyl (C=O) groups is 1. The molecule has 1 saturated heterocycles. The number of halogens is 1. The van der Waals surface area contributed by atoms with E-state index in [1.807, 2.05) is 0 Å². The molecular formula is C13H15FN2O. The maximum Gasteiger partial charge on any atom is 0.254 e. The number of carbonyl (C=O) groups excluding carboxylic acids is 1. The standard InChI is InChI=1S/C13H15FN2O/c14-12-5-1-4-10-11(12)8-16(13(10)17)9-3-2-6-15-7-9/h1,4-5,9,15H,2-3,6-8H2/t9-/m0/s1. The highest BCUT2D eigenvalue weighted by atomic mass is 19.1. The fourth-order valence-electron chi connectivity index (χ4n) is 2.71. The van der Waals surface area contributed by atoms with Crippen molar-refractivity contribution in [3.8, 4) is 0 Å². The molecule has 1 aromatic carbocycles. The third-order valence-electron chi connectivity index (χ3n) is 3.65. The van der Waals surface area contributed by atoms with Gasteiger partial charge in [-0.15, -0.1) is 0 Å². The van der Waals surface area contributed by atoms with Crippen molar-refractivity contribution < 1.29 is 9.18 Å². The molecular weight excluding hydrogens is 219 g/mol. The molecule has 17 heavy (non-hydrogen) atoms. The zero-order valence-corrected chi connectivity index (χ0v) is 9.58. The fourth-order valence-corrected chi connectivity index (χ4v) is 2.71. The lowest BCUT2D eigenvalue weighted by molar-refractivity contribution is 0.0674. The van der Waals surface area contributed by atoms with E-state index in [2.05, 4.69) is 5.32 Å². The van der Waals surface area contributed by atoms with Crippen molar-refractivity contribution in [1.29, 1.82) is 0 Å². The smallest absolute Gasteiger partial charge is 0.254 e. The molecule has 2 heterocycles. The zero-order valence-electron chi connectivity index (χ0n) is 9.58. The van der Waals surface area contributed by atoms with Crippen molar-refractivity contribution in [3.63, 3.8) is 0 Å². The minimum Gasteiger partial charge on any atom is -0.330 e. The van der Waals surface area contributed by atoms with Crippen LogP contribution in [0.3, 0.4) is 0 Å². The summed E-state index contributed by atoms with van der Waals surface area (Å²) in [5.41, 5.74) is 1.10. The van der Waals surface area contributed by atoms with Crippen molar-refractivity contribution in [2.24, 2.45) is 0 Å². The van der Waals surface area contributed by atoms with E-state index in [-0.39, 0.29) is 17.8 Å². The Hall–Kier alpha value is -1.42. The Morgan fingerprint density at radius 2 is 2.29 bits per heavy atom. The molecule has 1 amide bonds. The number of fused-ring (bicyclic) bond motifs is 1. The molecule has 1 fully saturated rings. The van der Waals surface area contributed by atoms with Gasteiger partial charge in [0.2, 0.25) is 0 Å². The highest BCUT2D eigenvalue weighted by Crippen LogP contribution is 2.28. The van der Waals surface area contributed by atoms with E-state index in [1.165, 1.54) is 6.07 Å². The molecule has 1 atom stereocenters. The number of nitrogens with one attached hydrogen (secondary N) is 1. The van der Waals surface area contributed by atoms with Crippen LogP contribution in [0.4, 0.5) is 4.39 Å². The van der Waals surface area contributed by atoms with Gasteiger partial charge >= 0.3 is 0 Å². The fraction of sp³-hybridized carbons (Fsp3) is 0.462. The summed E-state index contributed by atoms with van der Waals surface area (Å²) in [7, 11) is 0. The van der Waals surface area contributed by atoms with E-state index >= 15 is 0 Å². The first-order chi connectivity index (χ1) is 8.27. The molecule has 3 rings (SSSR count). The largest absolute Gasteiger partial charge is 0.330 e. The van der Waals surface area contributed by atoms with Gasteiger partial charge in [-0.3, -0.25) is 4.79 Å². The number of nitrogens with zero attached hydrogens (tertiary/aromatic N) is 1. The summed E-state index contributed by atoms with van der Waals surface area (Å²) in [6.07, 6.45) is 2.08. The Morgan fingerprint density at radius 1 is 1.41 bits per heavy atom. The third kappa shape index (κ3) is 1.72. The van der Waals surface area contributed by atoms with Crippen molar-refractivity contribution >= 4 is 5.91 Å². The quantitative estimate of drug-likeness (QED) is 0.799. The average molecular weight is 234 g/mol. The summed E-state index contributed by atoms with van der Waals surface area (Å²) in [5.74, 6) is -0.282. The summed E-state index contributed by atoms with van der Waals surface area (Å²) in [6, 6.07) is 4.96. The number of hydrogen-bond donors (Lipinski definition) is 1. The van der Waals surface area contributed by atoms with Crippen LogP contribution in [0.2, 0.25) is 0 Å². The van der Waals surface area contributed by atoms with Crippen molar-refractivity contribution in [3.05, 3.63) is 35.1 Å². The Labute approximate surface area is 99.6 Å². The average Bonchev–Trinajstić information content (AvgIpc) is 2.70. The molecule has 2 aliphatic heterocycles. The molecule has 0 aromatic heterocycles. The summed E-state index contributed by atoms with van der Waals surface area (Å²) in [4.78, 5) is 14.0. The molecule has 0 unspecified atom stereocenters. The second-order valence-corrected chi connectivity index (χ2v) is 4.70. The first-order valence-electron chi connectivity index (χ1n) is 6.06. The predicted octanol–water partition coefficient (Wildman–Crippen LogP) is 1.53. The van der Waals surface area contributed by atoms with Gasteiger partial charge in [-0.2, -0.15) is 0 Å². The monoisotopic (exact) mass is 234 g/mol. The lowest BCUT2D eigenvalue weighted by Gasteiger charge is -2.31. The molecule has 4 heteroatoms. The predicted molar refractivity (Wildman–Crippen MR) is 62.2 cm³/mol. The van der Waals surface area contributed by atoms with Gasteiger partial charge in [0.1, 0.15) is 5.82 Å². The number of rotatable bonds is 1. The van der Waals surface area contributed by atoms with Crippen LogP contribution in [0.25, 0.3) is 0 Å². The maximum absolute atomic E-state index is 13.6.